The highest BCUT2D eigenvalue weighted by molar-refractivity contribution is 6.36. The van der Waals surface area contributed by atoms with Crippen LogP contribution in [0.4, 0.5) is 14.5 Å². The molecule has 2 aromatic carbocycles. The highest BCUT2D eigenvalue weighted by atomic mass is 35.5. The molecule has 20 heavy (non-hydrogen) atoms. The van der Waals surface area contributed by atoms with Gasteiger partial charge < -0.3 is 10.4 Å². The number of anilines is 1. The maximum atomic E-state index is 13.0. The molecule has 104 valence electrons. The average Bonchev–Trinajstić information content (AvgIpc) is 2.34. The quantitative estimate of drug-likeness (QED) is 0.814. The molecule has 0 bridgehead atoms. The summed E-state index contributed by atoms with van der Waals surface area (Å²) >= 11 is 11.4. The summed E-state index contributed by atoms with van der Waals surface area (Å²) in [5, 5.41) is 12.1. The van der Waals surface area contributed by atoms with Crippen LogP contribution in [-0.2, 0) is 0 Å². The van der Waals surface area contributed by atoms with Crippen molar-refractivity contribution in [3.63, 3.8) is 0 Å². The van der Waals surface area contributed by atoms with Gasteiger partial charge in [-0.1, -0.05) is 23.2 Å². The van der Waals surface area contributed by atoms with Gasteiger partial charge in [-0.2, -0.15) is 0 Å². The molecular formula is C13H7Cl2F2NO2. The van der Waals surface area contributed by atoms with Gasteiger partial charge >= 0.3 is 0 Å². The Morgan fingerprint density at radius 1 is 1.05 bits per heavy atom. The van der Waals surface area contributed by atoms with Crippen molar-refractivity contribution < 1.29 is 18.7 Å². The van der Waals surface area contributed by atoms with Crippen LogP contribution in [0.1, 0.15) is 10.4 Å². The number of hydrogen-bond donors (Lipinski definition) is 2. The van der Waals surface area contributed by atoms with Crippen molar-refractivity contribution in [2.75, 3.05) is 5.32 Å². The van der Waals surface area contributed by atoms with Crippen molar-refractivity contribution >= 4 is 34.8 Å². The van der Waals surface area contributed by atoms with E-state index >= 15 is 0 Å². The fraction of sp³-hybridized carbons (Fsp3) is 0. The maximum absolute atomic E-state index is 13.0. The lowest BCUT2D eigenvalue weighted by atomic mass is 10.2. The number of phenols is 1. The number of rotatable bonds is 2. The predicted molar refractivity (Wildman–Crippen MR) is 72.4 cm³/mol. The molecule has 7 heteroatoms. The van der Waals surface area contributed by atoms with Gasteiger partial charge in [-0.15, -0.1) is 0 Å². The van der Waals surface area contributed by atoms with Crippen LogP contribution in [0, 0.1) is 11.6 Å². The summed E-state index contributed by atoms with van der Waals surface area (Å²) in [6.45, 7) is 0. The summed E-state index contributed by atoms with van der Waals surface area (Å²) in [5.41, 5.74) is -0.296. The second-order valence-electron chi connectivity index (χ2n) is 3.90. The minimum Gasteiger partial charge on any atom is -0.504 e. The molecule has 0 heterocycles. The van der Waals surface area contributed by atoms with E-state index in [0.717, 1.165) is 12.1 Å². The van der Waals surface area contributed by atoms with Crippen LogP contribution in [0.2, 0.25) is 10.0 Å². The van der Waals surface area contributed by atoms with Gasteiger partial charge in [0.05, 0.1) is 10.7 Å². The standard InChI is InChI=1S/C13H7Cl2F2NO2/c14-7-3-10(15)12(19)11(4-7)18-13(20)6-1-8(16)5-9(17)2-6/h1-5,19H,(H,18,20). The van der Waals surface area contributed by atoms with Gasteiger partial charge in [-0.25, -0.2) is 8.78 Å². The highest BCUT2D eigenvalue weighted by Gasteiger charge is 2.14. The summed E-state index contributed by atoms with van der Waals surface area (Å²) in [6.07, 6.45) is 0. The zero-order valence-electron chi connectivity index (χ0n) is 9.75. The van der Waals surface area contributed by atoms with E-state index in [1.807, 2.05) is 0 Å². The highest BCUT2D eigenvalue weighted by Crippen LogP contribution is 2.35. The van der Waals surface area contributed by atoms with Crippen molar-refractivity contribution in [1.29, 1.82) is 0 Å². The second-order valence-corrected chi connectivity index (χ2v) is 4.74. The number of aromatic hydroxyl groups is 1. The Labute approximate surface area is 122 Å². The molecule has 0 aliphatic rings. The van der Waals surface area contributed by atoms with Crippen LogP contribution in [0.3, 0.4) is 0 Å². The minimum absolute atomic E-state index is 0.0572. The molecule has 0 aromatic heterocycles. The SMILES string of the molecule is O=C(Nc1cc(Cl)cc(Cl)c1O)c1cc(F)cc(F)c1. The molecule has 0 aliphatic heterocycles. The molecule has 2 N–H and O–H groups in total. The number of halogens is 4. The van der Waals surface area contributed by atoms with E-state index in [4.69, 9.17) is 23.2 Å². The fourth-order valence-corrected chi connectivity index (χ4v) is 2.03. The normalized spacial score (nSPS) is 10.4. The van der Waals surface area contributed by atoms with Gasteiger partial charge in [-0.05, 0) is 24.3 Å². The van der Waals surface area contributed by atoms with Crippen LogP contribution < -0.4 is 5.32 Å². The van der Waals surface area contributed by atoms with Crippen LogP contribution in [0.15, 0.2) is 30.3 Å². The van der Waals surface area contributed by atoms with E-state index in [1.165, 1.54) is 12.1 Å². The number of amides is 1. The molecule has 0 saturated heterocycles. The summed E-state index contributed by atoms with van der Waals surface area (Å²) in [5.74, 6) is -2.97. The Bertz CT molecular complexity index is 672. The Balaban J connectivity index is 2.32. The van der Waals surface area contributed by atoms with Gasteiger partial charge in [0.15, 0.2) is 5.75 Å². The van der Waals surface area contributed by atoms with Crippen LogP contribution in [0.25, 0.3) is 0 Å². The molecular weight excluding hydrogens is 311 g/mol. The summed E-state index contributed by atoms with van der Waals surface area (Å²) in [7, 11) is 0. The monoisotopic (exact) mass is 317 g/mol. The first-order valence-corrected chi connectivity index (χ1v) is 6.08. The van der Waals surface area contributed by atoms with Crippen molar-refractivity contribution in [2.24, 2.45) is 0 Å². The topological polar surface area (TPSA) is 49.3 Å². The summed E-state index contributed by atoms with van der Waals surface area (Å²) in [6, 6.07) is 4.92. The summed E-state index contributed by atoms with van der Waals surface area (Å²) < 4.78 is 26.0. The molecule has 0 atom stereocenters. The molecule has 2 aromatic rings. The first kappa shape index (κ1) is 14.6. The predicted octanol–water partition coefficient (Wildman–Crippen LogP) is 4.23. The average molecular weight is 318 g/mol. The number of nitrogens with one attached hydrogen (secondary N) is 1. The Kier molecular flexibility index (Phi) is 4.11. The molecule has 0 radical (unpaired) electrons. The number of carbonyl (C=O) groups excluding carboxylic acids is 1. The van der Waals surface area contributed by atoms with Gasteiger partial charge in [0.25, 0.3) is 5.91 Å². The van der Waals surface area contributed by atoms with E-state index in [9.17, 15) is 18.7 Å². The van der Waals surface area contributed by atoms with Crippen LogP contribution in [0.5, 0.6) is 5.75 Å². The Morgan fingerprint density at radius 3 is 2.25 bits per heavy atom. The van der Waals surface area contributed by atoms with E-state index in [0.29, 0.717) is 6.07 Å². The zero-order valence-corrected chi connectivity index (χ0v) is 11.3. The Hall–Kier alpha value is -1.85. The molecule has 1 amide bonds. The molecule has 2 rings (SSSR count). The first-order chi connectivity index (χ1) is 9.36. The van der Waals surface area contributed by atoms with Crippen LogP contribution in [-0.4, -0.2) is 11.0 Å². The molecule has 0 aliphatic carbocycles. The van der Waals surface area contributed by atoms with Crippen molar-refractivity contribution in [3.05, 3.63) is 57.6 Å². The number of hydrogen-bond acceptors (Lipinski definition) is 2. The Morgan fingerprint density at radius 2 is 1.65 bits per heavy atom. The lowest BCUT2D eigenvalue weighted by Gasteiger charge is -2.09. The van der Waals surface area contributed by atoms with Gasteiger partial charge in [0, 0.05) is 16.7 Å². The molecule has 0 fully saturated rings. The van der Waals surface area contributed by atoms with E-state index in [1.54, 1.807) is 0 Å². The molecule has 0 spiro atoms. The number of carbonyl (C=O) groups is 1. The zero-order chi connectivity index (χ0) is 14.9. The molecule has 0 saturated carbocycles. The third kappa shape index (κ3) is 3.18. The maximum Gasteiger partial charge on any atom is 0.255 e. The van der Waals surface area contributed by atoms with E-state index in [2.05, 4.69) is 5.32 Å². The summed E-state index contributed by atoms with van der Waals surface area (Å²) in [4.78, 5) is 11.9. The van der Waals surface area contributed by atoms with Gasteiger partial charge in [-0.3, -0.25) is 4.79 Å². The van der Waals surface area contributed by atoms with Crippen molar-refractivity contribution in [3.8, 4) is 5.75 Å². The lowest BCUT2D eigenvalue weighted by molar-refractivity contribution is 0.102. The lowest BCUT2D eigenvalue weighted by Crippen LogP contribution is -2.12. The second kappa shape index (κ2) is 5.64. The van der Waals surface area contributed by atoms with Gasteiger partial charge in [0.2, 0.25) is 0 Å². The number of phenolic OH excluding ortho intramolecular Hbond substituents is 1. The third-order valence-corrected chi connectivity index (χ3v) is 2.91. The fourth-order valence-electron chi connectivity index (χ4n) is 1.54. The molecule has 0 unspecified atom stereocenters. The van der Waals surface area contributed by atoms with E-state index < -0.39 is 17.5 Å². The molecule has 3 nitrogen and oxygen atoms in total. The first-order valence-electron chi connectivity index (χ1n) is 5.32. The van der Waals surface area contributed by atoms with Crippen LogP contribution >= 0.6 is 23.2 Å². The minimum atomic E-state index is -0.886. The third-order valence-electron chi connectivity index (χ3n) is 2.40. The smallest absolute Gasteiger partial charge is 0.255 e. The largest absolute Gasteiger partial charge is 0.504 e. The van der Waals surface area contributed by atoms with Crippen molar-refractivity contribution in [2.45, 2.75) is 0 Å². The number of benzene rings is 2. The van der Waals surface area contributed by atoms with Crippen molar-refractivity contribution in [1.82, 2.24) is 0 Å². The van der Waals surface area contributed by atoms with Gasteiger partial charge in [0.1, 0.15) is 11.6 Å². The van der Waals surface area contributed by atoms with E-state index in [-0.39, 0.29) is 27.0 Å².